The van der Waals surface area contributed by atoms with E-state index >= 15 is 0 Å². The highest BCUT2D eigenvalue weighted by atomic mass is 79.9. The largest absolute Gasteiger partial charge is 0.481 e. The van der Waals surface area contributed by atoms with Gasteiger partial charge in [0.2, 0.25) is 0 Å². The van der Waals surface area contributed by atoms with Crippen LogP contribution in [0.2, 0.25) is 0 Å². The fourth-order valence-corrected chi connectivity index (χ4v) is 1.69. The van der Waals surface area contributed by atoms with Gasteiger partial charge in [0, 0.05) is 9.86 Å². The van der Waals surface area contributed by atoms with Gasteiger partial charge in [-0.05, 0) is 39.0 Å². The van der Waals surface area contributed by atoms with Gasteiger partial charge in [0.25, 0.3) is 0 Å². The molecule has 0 saturated heterocycles. The average Bonchev–Trinajstić information content (AvgIpc) is 2.38. The van der Waals surface area contributed by atoms with E-state index in [0.29, 0.717) is 11.4 Å². The summed E-state index contributed by atoms with van der Waals surface area (Å²) >= 11 is 3.37. The van der Waals surface area contributed by atoms with Crippen LogP contribution in [0, 0.1) is 5.41 Å². The molecule has 0 aliphatic rings. The lowest BCUT2D eigenvalue weighted by molar-refractivity contribution is -0.145. The first-order valence-corrected chi connectivity index (χ1v) is 7.00. The van der Waals surface area contributed by atoms with Crippen LogP contribution in [-0.4, -0.2) is 16.1 Å². The van der Waals surface area contributed by atoms with Gasteiger partial charge in [-0.3, -0.25) is 15.6 Å². The second-order valence-corrected chi connectivity index (χ2v) is 6.37. The number of pyridine rings is 1. The first kappa shape index (κ1) is 17.2. The van der Waals surface area contributed by atoms with Crippen molar-refractivity contribution in [1.82, 2.24) is 4.98 Å². The molecule has 0 aliphatic carbocycles. The molecule has 0 unspecified atom stereocenters. The number of nitrogens with zero attached hydrogens (tertiary/aromatic N) is 1. The lowest BCUT2D eigenvalue weighted by Crippen LogP contribution is -2.18. The van der Waals surface area contributed by atoms with E-state index in [4.69, 9.17) is 16.7 Å². The maximum atomic E-state index is 10.0. The summed E-state index contributed by atoms with van der Waals surface area (Å²) in [6.07, 6.45) is 1.59. The second-order valence-electron chi connectivity index (χ2n) is 5.45. The Morgan fingerprint density at radius 3 is 2.43 bits per heavy atom. The lowest BCUT2D eigenvalue weighted by atomic mass is 9.98. The van der Waals surface area contributed by atoms with Crippen molar-refractivity contribution in [3.8, 4) is 0 Å². The van der Waals surface area contributed by atoms with Crippen LogP contribution in [0.25, 0.3) is 10.9 Å². The molecule has 0 radical (unpaired) electrons. The third kappa shape index (κ3) is 4.57. The number of fused-ring (bicyclic) bond motifs is 1. The van der Waals surface area contributed by atoms with Crippen LogP contribution in [0.4, 0.5) is 11.4 Å². The van der Waals surface area contributed by atoms with Gasteiger partial charge in [-0.25, -0.2) is 0 Å². The number of aromatic nitrogens is 1. The zero-order valence-corrected chi connectivity index (χ0v) is 13.7. The van der Waals surface area contributed by atoms with Gasteiger partial charge >= 0.3 is 5.97 Å². The van der Waals surface area contributed by atoms with Gasteiger partial charge in [0.1, 0.15) is 0 Å². The number of hydrogen-bond donors (Lipinski definition) is 4. The number of rotatable bonds is 1. The Bertz CT molecular complexity index is 653. The number of aliphatic carboxylic acids is 1. The van der Waals surface area contributed by atoms with Crippen LogP contribution in [0.1, 0.15) is 20.8 Å². The number of nitrogens with one attached hydrogen (secondary N) is 1. The third-order valence-electron chi connectivity index (χ3n) is 2.65. The molecular formula is C14H19BrN4O2. The van der Waals surface area contributed by atoms with Crippen LogP contribution in [0.5, 0.6) is 0 Å². The molecule has 1 heterocycles. The Morgan fingerprint density at radius 1 is 1.38 bits per heavy atom. The molecule has 2 rings (SSSR count). The van der Waals surface area contributed by atoms with Gasteiger partial charge in [-0.1, -0.05) is 15.9 Å². The van der Waals surface area contributed by atoms with E-state index in [1.807, 2.05) is 18.2 Å². The Hall–Kier alpha value is -1.86. The second kappa shape index (κ2) is 6.73. The summed E-state index contributed by atoms with van der Waals surface area (Å²) < 4.78 is 0.977. The van der Waals surface area contributed by atoms with E-state index < -0.39 is 11.4 Å². The monoisotopic (exact) mass is 354 g/mol. The van der Waals surface area contributed by atoms with Crippen molar-refractivity contribution < 1.29 is 9.90 Å². The number of halogens is 1. The zero-order valence-electron chi connectivity index (χ0n) is 12.1. The minimum absolute atomic E-state index is 0.544. The normalized spacial score (nSPS) is 10.7. The number of nitrogen functional groups attached to an aromatic ring is 2. The van der Waals surface area contributed by atoms with Crippen LogP contribution in [0.15, 0.2) is 28.9 Å². The van der Waals surface area contributed by atoms with Gasteiger partial charge in [-0.2, -0.15) is 0 Å². The highest BCUT2D eigenvalue weighted by molar-refractivity contribution is 9.10. The molecule has 1 aromatic carbocycles. The van der Waals surface area contributed by atoms with Gasteiger partial charge in [0.05, 0.1) is 28.5 Å². The van der Waals surface area contributed by atoms with Crippen molar-refractivity contribution >= 4 is 44.2 Å². The van der Waals surface area contributed by atoms with Crippen LogP contribution >= 0.6 is 15.9 Å². The molecule has 0 saturated carbocycles. The van der Waals surface area contributed by atoms with Gasteiger partial charge in [-0.15, -0.1) is 0 Å². The predicted octanol–water partition coefficient (Wildman–Crippen LogP) is 2.98. The molecule has 0 aliphatic heterocycles. The fraction of sp³-hybridized carbons (Fsp3) is 0.286. The summed E-state index contributed by atoms with van der Waals surface area (Å²) in [4.78, 5) is 14.2. The van der Waals surface area contributed by atoms with Gasteiger partial charge < -0.3 is 16.3 Å². The Kier molecular flexibility index (Phi) is 5.51. The molecule has 0 bridgehead atoms. The highest BCUT2D eigenvalue weighted by Gasteiger charge is 2.18. The molecule has 0 fully saturated rings. The quantitative estimate of drug-likeness (QED) is 0.462. The number of carbonyl (C=O) groups is 1. The predicted molar refractivity (Wildman–Crippen MR) is 88.8 cm³/mol. The van der Waals surface area contributed by atoms with E-state index in [1.165, 1.54) is 0 Å². The van der Waals surface area contributed by atoms with E-state index in [9.17, 15) is 4.79 Å². The van der Waals surface area contributed by atoms with Gasteiger partial charge in [0.15, 0.2) is 0 Å². The van der Waals surface area contributed by atoms with Crippen molar-refractivity contribution in [2.75, 3.05) is 11.2 Å². The van der Waals surface area contributed by atoms with Crippen LogP contribution < -0.4 is 17.0 Å². The van der Waals surface area contributed by atoms with Crippen LogP contribution in [0.3, 0.4) is 0 Å². The Labute approximate surface area is 131 Å². The molecule has 0 spiro atoms. The number of hydrogen-bond acceptors (Lipinski definition) is 5. The SMILES string of the molecule is CC(C)(C)C(=O)O.NNc1c(N)cnc2cc(Br)ccc12. The minimum atomic E-state index is -0.757. The number of anilines is 2. The number of carboxylic acid groups (broad SMARTS) is 1. The summed E-state index contributed by atoms with van der Waals surface area (Å²) in [5.74, 6) is 4.63. The van der Waals surface area contributed by atoms with E-state index in [-0.39, 0.29) is 0 Å². The molecule has 0 amide bonds. The highest BCUT2D eigenvalue weighted by Crippen LogP contribution is 2.28. The summed E-state index contributed by atoms with van der Waals surface area (Å²) in [5.41, 5.74) is 9.82. The topological polar surface area (TPSA) is 114 Å². The summed E-state index contributed by atoms with van der Waals surface area (Å²) in [6, 6.07) is 5.75. The molecule has 1 aromatic heterocycles. The molecule has 7 heteroatoms. The molecular weight excluding hydrogens is 336 g/mol. The summed E-state index contributed by atoms with van der Waals surface area (Å²) in [6.45, 7) is 4.99. The number of benzene rings is 1. The Balaban J connectivity index is 0.000000270. The number of carboxylic acids is 1. The fourth-order valence-electron chi connectivity index (χ4n) is 1.34. The molecule has 6 N–H and O–H groups in total. The maximum Gasteiger partial charge on any atom is 0.308 e. The molecule has 21 heavy (non-hydrogen) atoms. The van der Waals surface area contributed by atoms with E-state index in [0.717, 1.165) is 15.4 Å². The molecule has 0 atom stereocenters. The smallest absolute Gasteiger partial charge is 0.308 e. The zero-order chi connectivity index (χ0) is 16.2. The molecule has 2 aromatic rings. The van der Waals surface area contributed by atoms with Crippen LogP contribution in [-0.2, 0) is 4.79 Å². The average molecular weight is 355 g/mol. The van der Waals surface area contributed by atoms with Crippen molar-refractivity contribution in [2.24, 2.45) is 11.3 Å². The van der Waals surface area contributed by atoms with Crippen molar-refractivity contribution in [2.45, 2.75) is 20.8 Å². The van der Waals surface area contributed by atoms with Crippen molar-refractivity contribution in [1.29, 1.82) is 0 Å². The van der Waals surface area contributed by atoms with E-state index in [1.54, 1.807) is 27.0 Å². The van der Waals surface area contributed by atoms with E-state index in [2.05, 4.69) is 26.3 Å². The number of nitrogens with two attached hydrogens (primary N) is 2. The lowest BCUT2D eigenvalue weighted by Gasteiger charge is -2.08. The first-order valence-electron chi connectivity index (χ1n) is 6.20. The maximum absolute atomic E-state index is 10.0. The standard InChI is InChI=1S/C9H9BrN4.C5H10O2/c10-5-1-2-6-8(3-5)13-4-7(11)9(6)14-12;1-5(2,3)4(6)7/h1-4H,11-12H2,(H,13,14);1-3H3,(H,6,7). The molecule has 6 nitrogen and oxygen atoms in total. The minimum Gasteiger partial charge on any atom is -0.481 e. The summed E-state index contributed by atoms with van der Waals surface area (Å²) in [5, 5.41) is 9.16. The molecule has 114 valence electrons. The van der Waals surface area contributed by atoms with Crippen molar-refractivity contribution in [3.05, 3.63) is 28.9 Å². The summed E-state index contributed by atoms with van der Waals surface area (Å²) in [7, 11) is 0. The number of hydrazine groups is 1. The first-order chi connectivity index (χ1) is 9.66. The Morgan fingerprint density at radius 2 is 1.95 bits per heavy atom. The van der Waals surface area contributed by atoms with Crippen molar-refractivity contribution in [3.63, 3.8) is 0 Å². The third-order valence-corrected chi connectivity index (χ3v) is 3.14.